The highest BCUT2D eigenvalue weighted by atomic mass is 35.5. The van der Waals surface area contributed by atoms with Crippen LogP contribution in [0.15, 0.2) is 23.0 Å². The first-order valence-corrected chi connectivity index (χ1v) is 7.10. The fraction of sp³-hybridized carbons (Fsp3) is 0.333. The highest BCUT2D eigenvalue weighted by Gasteiger charge is 2.15. The van der Waals surface area contributed by atoms with Crippen molar-refractivity contribution < 1.29 is 4.39 Å². The third-order valence-corrected chi connectivity index (χ3v) is 3.94. The average Bonchev–Trinajstić information content (AvgIpc) is 2.67. The van der Waals surface area contributed by atoms with Crippen molar-refractivity contribution in [1.82, 2.24) is 9.97 Å². The number of aromatic amines is 1. The molecule has 3 rings (SSSR count). The molecular weight excluding hydrogens is 279 g/mol. The van der Waals surface area contributed by atoms with Crippen molar-refractivity contribution in [3.05, 3.63) is 50.7 Å². The van der Waals surface area contributed by atoms with E-state index in [1.807, 2.05) is 0 Å². The van der Waals surface area contributed by atoms with Gasteiger partial charge in [0.15, 0.2) is 0 Å². The van der Waals surface area contributed by atoms with Crippen molar-refractivity contribution in [2.75, 3.05) is 0 Å². The Labute approximate surface area is 120 Å². The molecule has 0 saturated carbocycles. The number of nitrogens with one attached hydrogen (secondary N) is 1. The fourth-order valence-corrected chi connectivity index (χ4v) is 2.68. The highest BCUT2D eigenvalue weighted by Crippen LogP contribution is 2.23. The molecule has 0 spiro atoms. The molecule has 1 aliphatic rings. The molecule has 20 heavy (non-hydrogen) atoms. The summed E-state index contributed by atoms with van der Waals surface area (Å²) in [5, 5.41) is 0.0610. The largest absolute Gasteiger partial charge is 0.306 e. The first-order chi connectivity index (χ1) is 9.65. The maximum Gasteiger partial charge on any atom is 0.254 e. The molecule has 1 aliphatic carbocycles. The Hall–Kier alpha value is -1.68. The van der Waals surface area contributed by atoms with Gasteiger partial charge in [-0.3, -0.25) is 4.79 Å². The zero-order chi connectivity index (χ0) is 14.1. The van der Waals surface area contributed by atoms with Gasteiger partial charge in [0.2, 0.25) is 0 Å². The molecule has 5 heteroatoms. The van der Waals surface area contributed by atoms with Gasteiger partial charge >= 0.3 is 0 Å². The molecule has 0 atom stereocenters. The maximum absolute atomic E-state index is 13.5. The van der Waals surface area contributed by atoms with Crippen molar-refractivity contribution in [2.45, 2.75) is 32.1 Å². The number of nitrogens with zero attached hydrogens (tertiary/aromatic N) is 1. The van der Waals surface area contributed by atoms with Crippen molar-refractivity contribution in [2.24, 2.45) is 0 Å². The van der Waals surface area contributed by atoms with E-state index in [0.29, 0.717) is 11.4 Å². The summed E-state index contributed by atoms with van der Waals surface area (Å²) < 4.78 is 13.5. The molecule has 0 amide bonds. The van der Waals surface area contributed by atoms with Crippen LogP contribution in [0.25, 0.3) is 11.4 Å². The second-order valence-corrected chi connectivity index (χ2v) is 5.44. The molecular formula is C15H14ClFN2O. The van der Waals surface area contributed by atoms with E-state index in [1.165, 1.54) is 12.1 Å². The lowest BCUT2D eigenvalue weighted by atomic mass is 10.1. The van der Waals surface area contributed by atoms with Gasteiger partial charge in [0.25, 0.3) is 5.56 Å². The lowest BCUT2D eigenvalue weighted by molar-refractivity contribution is 0.628. The van der Waals surface area contributed by atoms with Crippen LogP contribution in [-0.4, -0.2) is 9.97 Å². The van der Waals surface area contributed by atoms with Gasteiger partial charge < -0.3 is 4.98 Å². The minimum Gasteiger partial charge on any atom is -0.306 e. The van der Waals surface area contributed by atoms with E-state index < -0.39 is 5.82 Å². The number of H-pyrrole nitrogens is 1. The molecule has 2 aromatic rings. The van der Waals surface area contributed by atoms with Crippen LogP contribution in [0.3, 0.4) is 0 Å². The molecule has 0 aliphatic heterocycles. The summed E-state index contributed by atoms with van der Waals surface area (Å²) in [4.78, 5) is 19.4. The predicted octanol–water partition coefficient (Wildman–Crippen LogP) is 3.50. The summed E-state index contributed by atoms with van der Waals surface area (Å²) in [7, 11) is 0. The Bertz CT molecular complexity index is 712. The minimum absolute atomic E-state index is 0.0610. The summed E-state index contributed by atoms with van der Waals surface area (Å²) in [6.07, 6.45) is 4.75. The van der Waals surface area contributed by atoms with Crippen LogP contribution >= 0.6 is 11.6 Å². The first kappa shape index (κ1) is 13.3. The normalized spacial score (nSPS) is 14.7. The third kappa shape index (κ3) is 2.48. The third-order valence-electron chi connectivity index (χ3n) is 3.63. The summed E-state index contributed by atoms with van der Waals surface area (Å²) in [5.74, 6) is -0.104. The Morgan fingerprint density at radius 2 is 2.00 bits per heavy atom. The van der Waals surface area contributed by atoms with Gasteiger partial charge in [0, 0.05) is 11.1 Å². The maximum atomic E-state index is 13.5. The number of hydrogen-bond donors (Lipinski definition) is 1. The Morgan fingerprint density at radius 1 is 1.20 bits per heavy atom. The smallest absolute Gasteiger partial charge is 0.254 e. The molecule has 0 unspecified atom stereocenters. The van der Waals surface area contributed by atoms with Crippen LogP contribution in [0.5, 0.6) is 0 Å². The topological polar surface area (TPSA) is 45.8 Å². The van der Waals surface area contributed by atoms with Crippen LogP contribution in [0.4, 0.5) is 4.39 Å². The van der Waals surface area contributed by atoms with Crippen LogP contribution in [-0.2, 0) is 12.8 Å². The van der Waals surface area contributed by atoms with E-state index in [1.54, 1.807) is 6.07 Å². The van der Waals surface area contributed by atoms with Gasteiger partial charge in [-0.25, -0.2) is 9.37 Å². The Kier molecular flexibility index (Phi) is 3.57. The molecule has 1 N–H and O–H groups in total. The molecule has 0 fully saturated rings. The summed E-state index contributed by atoms with van der Waals surface area (Å²) in [5.41, 5.74) is 2.05. The molecule has 3 nitrogen and oxygen atoms in total. The van der Waals surface area contributed by atoms with Gasteiger partial charge in [0.05, 0.1) is 10.7 Å². The Balaban J connectivity index is 2.10. The minimum atomic E-state index is -0.512. The number of rotatable bonds is 1. The quantitative estimate of drug-likeness (QED) is 0.818. The molecule has 0 radical (unpaired) electrons. The lowest BCUT2D eigenvalue weighted by Crippen LogP contribution is -2.18. The summed E-state index contributed by atoms with van der Waals surface area (Å²) in [6, 6.07) is 4.42. The first-order valence-electron chi connectivity index (χ1n) is 6.72. The zero-order valence-electron chi connectivity index (χ0n) is 10.9. The molecule has 1 aromatic heterocycles. The van der Waals surface area contributed by atoms with E-state index >= 15 is 0 Å². The predicted molar refractivity (Wildman–Crippen MR) is 76.5 cm³/mol. The molecule has 0 bridgehead atoms. The second-order valence-electron chi connectivity index (χ2n) is 5.03. The summed E-state index contributed by atoms with van der Waals surface area (Å²) >= 11 is 5.67. The number of aryl methyl sites for hydroxylation is 1. The van der Waals surface area contributed by atoms with Crippen molar-refractivity contribution in [3.8, 4) is 11.4 Å². The molecule has 0 saturated heterocycles. The summed E-state index contributed by atoms with van der Waals surface area (Å²) in [6.45, 7) is 0. The standard InChI is InChI=1S/C15H14ClFN2O/c16-11-7-6-9(8-12(11)17)14-18-13-5-3-1-2-4-10(13)15(20)19-14/h6-8H,1-5H2,(H,18,19,20). The zero-order valence-corrected chi connectivity index (χ0v) is 11.6. The van der Waals surface area contributed by atoms with Crippen LogP contribution in [0.1, 0.15) is 30.5 Å². The van der Waals surface area contributed by atoms with Crippen LogP contribution in [0.2, 0.25) is 5.02 Å². The number of benzene rings is 1. The van der Waals surface area contributed by atoms with Crippen LogP contribution < -0.4 is 5.56 Å². The van der Waals surface area contributed by atoms with Gasteiger partial charge in [-0.15, -0.1) is 0 Å². The second kappa shape index (κ2) is 5.37. The van der Waals surface area contributed by atoms with E-state index in [-0.39, 0.29) is 10.6 Å². The average molecular weight is 293 g/mol. The SMILES string of the molecule is O=c1[nH]c(-c2ccc(Cl)c(F)c2)nc2c1CCCCC2. The number of hydrogen-bond acceptors (Lipinski definition) is 2. The van der Waals surface area contributed by atoms with Gasteiger partial charge in [-0.05, 0) is 43.9 Å². The van der Waals surface area contributed by atoms with Crippen LogP contribution in [0, 0.1) is 5.82 Å². The number of fused-ring (bicyclic) bond motifs is 1. The van der Waals surface area contributed by atoms with Gasteiger partial charge in [0.1, 0.15) is 11.6 Å². The Morgan fingerprint density at radius 3 is 2.80 bits per heavy atom. The molecule has 1 heterocycles. The lowest BCUT2D eigenvalue weighted by Gasteiger charge is -2.08. The monoisotopic (exact) mass is 292 g/mol. The molecule has 1 aromatic carbocycles. The fourth-order valence-electron chi connectivity index (χ4n) is 2.56. The van der Waals surface area contributed by atoms with Crippen molar-refractivity contribution in [3.63, 3.8) is 0 Å². The highest BCUT2D eigenvalue weighted by molar-refractivity contribution is 6.30. The van der Waals surface area contributed by atoms with Crippen molar-refractivity contribution in [1.29, 1.82) is 0 Å². The van der Waals surface area contributed by atoms with E-state index in [9.17, 15) is 9.18 Å². The van der Waals surface area contributed by atoms with Gasteiger partial charge in [-0.2, -0.15) is 0 Å². The van der Waals surface area contributed by atoms with E-state index in [4.69, 9.17) is 11.6 Å². The van der Waals surface area contributed by atoms with E-state index in [2.05, 4.69) is 9.97 Å². The van der Waals surface area contributed by atoms with Crippen molar-refractivity contribution >= 4 is 11.6 Å². The van der Waals surface area contributed by atoms with Gasteiger partial charge in [-0.1, -0.05) is 18.0 Å². The molecule has 104 valence electrons. The van der Waals surface area contributed by atoms with E-state index in [0.717, 1.165) is 43.4 Å². The number of halogens is 2. The number of aromatic nitrogens is 2.